The van der Waals surface area contributed by atoms with Gasteiger partial charge in [0.1, 0.15) is 4.90 Å². The first-order valence-corrected chi connectivity index (χ1v) is 8.53. The van der Waals surface area contributed by atoms with Crippen LogP contribution in [0.25, 0.3) is 11.8 Å². The molecule has 0 radical (unpaired) electrons. The third kappa shape index (κ3) is 2.91. The zero-order valence-corrected chi connectivity index (χ0v) is 14.2. The molecule has 0 unspecified atom stereocenters. The maximum Gasteiger partial charge on any atom is 0.339 e. The number of fused-ring (bicyclic) bond motifs is 1. The minimum absolute atomic E-state index is 0.0622. The molecule has 130 valence electrons. The van der Waals surface area contributed by atoms with Crippen LogP contribution >= 0.6 is 0 Å². The molecule has 0 saturated carbocycles. The van der Waals surface area contributed by atoms with Crippen molar-refractivity contribution < 1.29 is 32.0 Å². The molecule has 0 atom stereocenters. The predicted molar refractivity (Wildman–Crippen MR) is 89.1 cm³/mol. The summed E-state index contributed by atoms with van der Waals surface area (Å²) in [4.78, 5) is 11.3. The van der Waals surface area contributed by atoms with E-state index in [2.05, 4.69) is 0 Å². The first-order valence-electron chi connectivity index (χ1n) is 7.12. The van der Waals surface area contributed by atoms with Gasteiger partial charge in [-0.3, -0.25) is 0 Å². The monoisotopic (exact) mass is 362 g/mol. The van der Waals surface area contributed by atoms with E-state index in [-0.39, 0.29) is 27.5 Å². The van der Waals surface area contributed by atoms with E-state index in [9.17, 15) is 18.3 Å². The molecule has 25 heavy (non-hydrogen) atoms. The second kappa shape index (κ2) is 6.14. The summed E-state index contributed by atoms with van der Waals surface area (Å²) in [7, 11) is -1.31. The van der Waals surface area contributed by atoms with Gasteiger partial charge in [0.25, 0.3) is 0 Å². The van der Waals surface area contributed by atoms with Gasteiger partial charge in [-0.05, 0) is 18.2 Å². The molecular formula is C17H14O7S. The smallest absolute Gasteiger partial charge is 0.339 e. The fourth-order valence-electron chi connectivity index (χ4n) is 2.54. The number of carboxylic acids is 1. The number of hydrogen-bond acceptors (Lipinski definition) is 6. The Kier molecular flexibility index (Phi) is 4.13. The number of aromatic carboxylic acids is 1. The molecule has 0 bridgehead atoms. The first-order chi connectivity index (χ1) is 11.9. The fraction of sp³-hybridized carbons (Fsp3) is 0.118. The Bertz CT molecular complexity index is 990. The predicted octanol–water partition coefficient (Wildman–Crippen LogP) is 2.62. The number of methoxy groups -OCH3 is 2. The van der Waals surface area contributed by atoms with E-state index in [4.69, 9.17) is 13.7 Å². The van der Waals surface area contributed by atoms with E-state index in [1.54, 1.807) is 12.1 Å². The molecule has 3 rings (SSSR count). The van der Waals surface area contributed by atoms with Crippen molar-refractivity contribution in [2.45, 2.75) is 4.90 Å². The van der Waals surface area contributed by atoms with E-state index in [0.29, 0.717) is 11.3 Å². The maximum atomic E-state index is 12.5. The highest BCUT2D eigenvalue weighted by Crippen LogP contribution is 2.40. The molecule has 0 fully saturated rings. The van der Waals surface area contributed by atoms with Crippen molar-refractivity contribution in [1.29, 1.82) is 0 Å². The molecule has 1 aliphatic rings. The van der Waals surface area contributed by atoms with Crippen molar-refractivity contribution in [3.8, 4) is 11.5 Å². The Hall–Kier alpha value is -3.00. The number of benzene rings is 2. The number of carbonyl (C=O) groups is 1. The summed E-state index contributed by atoms with van der Waals surface area (Å²) < 4.78 is 40.4. The molecular weight excluding hydrogens is 348 g/mol. The van der Waals surface area contributed by atoms with Gasteiger partial charge in [0.15, 0.2) is 17.3 Å². The highest BCUT2D eigenvalue weighted by molar-refractivity contribution is 7.87. The number of hydrogen-bond donors (Lipinski definition) is 1. The van der Waals surface area contributed by atoms with Gasteiger partial charge in [-0.25, -0.2) is 4.79 Å². The molecule has 0 saturated heterocycles. The SMILES string of the molecule is COc1cc2c(cc1OC)S(=O)(=O)OC(c1ccccc1C(=O)O)=C2. The minimum Gasteiger partial charge on any atom is -0.493 e. The molecule has 2 aromatic rings. The van der Waals surface area contributed by atoms with Gasteiger partial charge in [-0.2, -0.15) is 8.42 Å². The maximum absolute atomic E-state index is 12.5. The van der Waals surface area contributed by atoms with Crippen LogP contribution in [0.5, 0.6) is 11.5 Å². The lowest BCUT2D eigenvalue weighted by Crippen LogP contribution is -2.14. The summed E-state index contributed by atoms with van der Waals surface area (Å²) in [6, 6.07) is 8.81. The molecule has 1 N–H and O–H groups in total. The van der Waals surface area contributed by atoms with Crippen LogP contribution in [0.15, 0.2) is 41.3 Å². The van der Waals surface area contributed by atoms with Gasteiger partial charge >= 0.3 is 16.1 Å². The van der Waals surface area contributed by atoms with Crippen LogP contribution in [0.4, 0.5) is 0 Å². The molecule has 8 heteroatoms. The summed E-state index contributed by atoms with van der Waals surface area (Å²) >= 11 is 0. The van der Waals surface area contributed by atoms with Crippen molar-refractivity contribution in [3.63, 3.8) is 0 Å². The lowest BCUT2D eigenvalue weighted by atomic mass is 10.0. The molecule has 1 aliphatic heterocycles. The minimum atomic E-state index is -4.14. The molecule has 7 nitrogen and oxygen atoms in total. The summed E-state index contributed by atoms with van der Waals surface area (Å²) in [6.07, 6.45) is 1.46. The fourth-order valence-corrected chi connectivity index (χ4v) is 3.66. The second-order valence-electron chi connectivity index (χ2n) is 5.14. The molecule has 0 amide bonds. The first kappa shape index (κ1) is 16.8. The average molecular weight is 362 g/mol. The van der Waals surface area contributed by atoms with Crippen molar-refractivity contribution in [2.24, 2.45) is 0 Å². The van der Waals surface area contributed by atoms with Crippen molar-refractivity contribution in [1.82, 2.24) is 0 Å². The largest absolute Gasteiger partial charge is 0.493 e. The summed E-state index contributed by atoms with van der Waals surface area (Å²) in [5, 5.41) is 9.30. The van der Waals surface area contributed by atoms with Crippen LogP contribution in [-0.4, -0.2) is 33.7 Å². The Morgan fingerprint density at radius 1 is 1.08 bits per heavy atom. The quantitative estimate of drug-likeness (QED) is 0.835. The Labute approximate surface area is 144 Å². The standard InChI is InChI=1S/C17H14O7S/c1-22-14-8-10-7-13(11-5-3-4-6-12(11)17(18)19)24-25(20,21)16(10)9-15(14)23-2/h3-9H,1-2H3,(H,18,19). The van der Waals surface area contributed by atoms with Gasteiger partial charge in [-0.15, -0.1) is 0 Å². The van der Waals surface area contributed by atoms with E-state index >= 15 is 0 Å². The van der Waals surface area contributed by atoms with Crippen LogP contribution in [0.3, 0.4) is 0 Å². The van der Waals surface area contributed by atoms with Crippen molar-refractivity contribution in [3.05, 3.63) is 53.1 Å². The lowest BCUT2D eigenvalue weighted by molar-refractivity contribution is 0.0696. The van der Waals surface area contributed by atoms with E-state index in [1.165, 1.54) is 44.6 Å². The van der Waals surface area contributed by atoms with Gasteiger partial charge < -0.3 is 18.8 Å². The summed E-state index contributed by atoms with van der Waals surface area (Å²) in [6.45, 7) is 0. The highest BCUT2D eigenvalue weighted by atomic mass is 32.2. The Morgan fingerprint density at radius 2 is 1.72 bits per heavy atom. The van der Waals surface area contributed by atoms with E-state index < -0.39 is 16.1 Å². The van der Waals surface area contributed by atoms with E-state index in [1.807, 2.05) is 0 Å². The molecule has 0 spiro atoms. The summed E-state index contributed by atoms with van der Waals surface area (Å²) in [5.41, 5.74) is 0.422. The summed E-state index contributed by atoms with van der Waals surface area (Å²) in [5.74, 6) is -0.662. The molecule has 0 aliphatic carbocycles. The zero-order chi connectivity index (χ0) is 18.2. The number of carboxylic acid groups (broad SMARTS) is 1. The third-order valence-corrected chi connectivity index (χ3v) is 4.99. The van der Waals surface area contributed by atoms with Crippen LogP contribution < -0.4 is 9.47 Å². The average Bonchev–Trinajstić information content (AvgIpc) is 2.60. The molecule has 1 heterocycles. The second-order valence-corrected chi connectivity index (χ2v) is 6.66. The van der Waals surface area contributed by atoms with Gasteiger partial charge in [0.2, 0.25) is 0 Å². The highest BCUT2D eigenvalue weighted by Gasteiger charge is 2.30. The zero-order valence-electron chi connectivity index (χ0n) is 13.3. The van der Waals surface area contributed by atoms with Crippen molar-refractivity contribution in [2.75, 3.05) is 14.2 Å². The topological polar surface area (TPSA) is 99.1 Å². The normalized spacial score (nSPS) is 14.7. The Morgan fingerprint density at radius 3 is 2.36 bits per heavy atom. The van der Waals surface area contributed by atoms with Gasteiger partial charge in [-0.1, -0.05) is 18.2 Å². The Balaban J connectivity index is 2.25. The van der Waals surface area contributed by atoms with Crippen LogP contribution in [0, 0.1) is 0 Å². The van der Waals surface area contributed by atoms with E-state index in [0.717, 1.165) is 0 Å². The lowest BCUT2D eigenvalue weighted by Gasteiger charge is -2.20. The van der Waals surface area contributed by atoms with Gasteiger partial charge in [0, 0.05) is 17.2 Å². The number of ether oxygens (including phenoxy) is 2. The molecule has 2 aromatic carbocycles. The van der Waals surface area contributed by atoms with Crippen molar-refractivity contribution >= 4 is 27.9 Å². The van der Waals surface area contributed by atoms with Crippen LogP contribution in [-0.2, 0) is 14.3 Å². The third-order valence-electron chi connectivity index (χ3n) is 3.69. The number of rotatable bonds is 4. The molecule has 0 aromatic heterocycles. The van der Waals surface area contributed by atoms with Crippen LogP contribution in [0.1, 0.15) is 21.5 Å². The van der Waals surface area contributed by atoms with Gasteiger partial charge in [0.05, 0.1) is 19.8 Å². The van der Waals surface area contributed by atoms with Crippen LogP contribution in [0.2, 0.25) is 0 Å².